The minimum absolute atomic E-state index is 0.0542. The second-order valence-corrected chi connectivity index (χ2v) is 7.54. The molecule has 3 aromatic heterocycles. The number of hydrogen-bond acceptors (Lipinski definition) is 6. The Morgan fingerprint density at radius 3 is 2.96 bits per heavy atom. The van der Waals surface area contributed by atoms with Crippen molar-refractivity contribution >= 4 is 32.3 Å². The van der Waals surface area contributed by atoms with E-state index in [4.69, 9.17) is 5.73 Å². The summed E-state index contributed by atoms with van der Waals surface area (Å²) in [4.78, 5) is 22.5. The van der Waals surface area contributed by atoms with Gasteiger partial charge in [-0.1, -0.05) is 0 Å². The number of likely N-dealkylation sites (tertiary alicyclic amines) is 1. The Hall–Kier alpha value is -2.58. The van der Waals surface area contributed by atoms with Gasteiger partial charge in [0, 0.05) is 41.6 Å². The summed E-state index contributed by atoms with van der Waals surface area (Å²) in [6.07, 6.45) is 4.47. The first-order chi connectivity index (χ1) is 12.5. The first kappa shape index (κ1) is 16.9. The van der Waals surface area contributed by atoms with Crippen LogP contribution in [0.25, 0.3) is 10.1 Å². The Balaban J connectivity index is 1.59. The van der Waals surface area contributed by atoms with Gasteiger partial charge < -0.3 is 16.0 Å². The summed E-state index contributed by atoms with van der Waals surface area (Å²) >= 11 is 1.53. The number of thiophene rings is 1. The first-order valence-electron chi connectivity index (χ1n) is 8.31. The predicted molar refractivity (Wildman–Crippen MR) is 99.7 cm³/mol. The van der Waals surface area contributed by atoms with Gasteiger partial charge in [-0.15, -0.1) is 11.3 Å². The molecule has 1 aliphatic heterocycles. The highest BCUT2D eigenvalue weighted by molar-refractivity contribution is 7.22. The van der Waals surface area contributed by atoms with E-state index >= 15 is 0 Å². The normalized spacial score (nSPS) is 15.7. The van der Waals surface area contributed by atoms with Gasteiger partial charge in [0.25, 0.3) is 5.91 Å². The molecule has 1 fully saturated rings. The van der Waals surface area contributed by atoms with Gasteiger partial charge in [0.2, 0.25) is 0 Å². The topological polar surface area (TPSA) is 84.1 Å². The summed E-state index contributed by atoms with van der Waals surface area (Å²) in [7, 11) is 0. The molecule has 1 amide bonds. The Bertz CT molecular complexity index is 969. The lowest BCUT2D eigenvalue weighted by molar-refractivity contribution is 0.0604. The van der Waals surface area contributed by atoms with E-state index in [0.717, 1.165) is 20.7 Å². The van der Waals surface area contributed by atoms with Crippen molar-refractivity contribution in [3.63, 3.8) is 0 Å². The number of halogens is 1. The van der Waals surface area contributed by atoms with E-state index in [1.54, 1.807) is 17.3 Å². The largest absolute Gasteiger partial charge is 0.370 e. The Morgan fingerprint density at radius 1 is 1.42 bits per heavy atom. The zero-order valence-electron chi connectivity index (χ0n) is 14.1. The summed E-state index contributed by atoms with van der Waals surface area (Å²) in [6, 6.07) is 5.20. The van der Waals surface area contributed by atoms with Crippen LogP contribution in [-0.4, -0.2) is 39.9 Å². The summed E-state index contributed by atoms with van der Waals surface area (Å²) in [6.45, 7) is 3.07. The summed E-state index contributed by atoms with van der Waals surface area (Å²) in [5, 5.41) is 5.05. The molecule has 6 nitrogen and oxygen atoms in total. The van der Waals surface area contributed by atoms with Gasteiger partial charge >= 0.3 is 0 Å². The molecule has 3 N–H and O–H groups in total. The lowest BCUT2D eigenvalue weighted by Crippen LogP contribution is -2.57. The van der Waals surface area contributed by atoms with E-state index in [0.29, 0.717) is 18.8 Å². The maximum Gasteiger partial charge on any atom is 0.273 e. The molecule has 1 saturated heterocycles. The number of nitrogens with zero attached hydrogens (tertiary/aromatic N) is 3. The number of carbonyl (C=O) groups excluding carboxylic acids is 1. The number of carbonyl (C=O) groups is 1. The molecule has 0 aromatic carbocycles. The maximum atomic E-state index is 13.4. The van der Waals surface area contributed by atoms with Crippen molar-refractivity contribution in [1.29, 1.82) is 0 Å². The third-order valence-electron chi connectivity index (χ3n) is 4.43. The smallest absolute Gasteiger partial charge is 0.273 e. The monoisotopic (exact) mass is 371 g/mol. The van der Waals surface area contributed by atoms with Crippen LogP contribution in [0.1, 0.15) is 29.0 Å². The number of nitrogens with two attached hydrogens (primary N) is 1. The molecule has 0 unspecified atom stereocenters. The van der Waals surface area contributed by atoms with Crippen LogP contribution >= 0.6 is 11.3 Å². The van der Waals surface area contributed by atoms with E-state index in [2.05, 4.69) is 15.3 Å². The number of hydrogen-bond donors (Lipinski definition) is 2. The van der Waals surface area contributed by atoms with Gasteiger partial charge in [0.15, 0.2) is 0 Å². The summed E-state index contributed by atoms with van der Waals surface area (Å²) < 4.78 is 14.3. The van der Waals surface area contributed by atoms with Crippen LogP contribution in [0.5, 0.6) is 0 Å². The molecule has 1 atom stereocenters. The van der Waals surface area contributed by atoms with Gasteiger partial charge in [0.1, 0.15) is 11.5 Å². The molecule has 4 heterocycles. The standard InChI is InChI=1S/C18H18FN5OS/c1-10(11-4-12(19)7-21-6-11)23-16-5-14-15(26-16)2-3-22-17(14)18(25)24-8-13(20)9-24/h2-7,10,13,23H,8-9,20H2,1H3/t10-/m0/s1. The van der Waals surface area contributed by atoms with Crippen LogP contribution in [-0.2, 0) is 0 Å². The van der Waals surface area contributed by atoms with E-state index < -0.39 is 0 Å². The molecule has 0 radical (unpaired) electrons. The number of amides is 1. The second-order valence-electron chi connectivity index (χ2n) is 6.45. The van der Waals surface area contributed by atoms with Crippen LogP contribution in [0.4, 0.5) is 9.39 Å². The van der Waals surface area contributed by atoms with Gasteiger partial charge in [0.05, 0.1) is 17.2 Å². The van der Waals surface area contributed by atoms with Crippen molar-refractivity contribution < 1.29 is 9.18 Å². The van der Waals surface area contributed by atoms with E-state index in [-0.39, 0.29) is 23.8 Å². The van der Waals surface area contributed by atoms with E-state index in [1.807, 2.05) is 19.1 Å². The minimum atomic E-state index is -0.364. The number of nitrogens with one attached hydrogen (secondary N) is 1. The van der Waals surface area contributed by atoms with Gasteiger partial charge in [-0.3, -0.25) is 14.8 Å². The highest BCUT2D eigenvalue weighted by Gasteiger charge is 2.30. The van der Waals surface area contributed by atoms with E-state index in [1.165, 1.54) is 23.6 Å². The quantitative estimate of drug-likeness (QED) is 0.737. The zero-order chi connectivity index (χ0) is 18.3. The zero-order valence-corrected chi connectivity index (χ0v) is 15.0. The Kier molecular flexibility index (Phi) is 4.29. The van der Waals surface area contributed by atoms with Crippen molar-refractivity contribution in [1.82, 2.24) is 14.9 Å². The number of fused-ring (bicyclic) bond motifs is 1. The first-order valence-corrected chi connectivity index (χ1v) is 9.13. The molecule has 1 aliphatic rings. The molecular weight excluding hydrogens is 353 g/mol. The molecular formula is C18H18FN5OS. The van der Waals surface area contributed by atoms with Crippen molar-refractivity contribution in [3.05, 3.63) is 53.9 Å². The second kappa shape index (κ2) is 6.62. The number of anilines is 1. The molecule has 0 spiro atoms. The fourth-order valence-corrected chi connectivity index (χ4v) is 4.04. The Morgan fingerprint density at radius 2 is 2.23 bits per heavy atom. The van der Waals surface area contributed by atoms with Gasteiger partial charge in [-0.25, -0.2) is 4.39 Å². The fourth-order valence-electron chi connectivity index (χ4n) is 2.99. The molecule has 3 aromatic rings. The average Bonchev–Trinajstić information content (AvgIpc) is 3.00. The molecule has 0 bridgehead atoms. The SMILES string of the molecule is C[C@H](Nc1cc2c(C(=O)N3CC(N)C3)nccc2s1)c1cncc(F)c1. The molecule has 26 heavy (non-hydrogen) atoms. The van der Waals surface area contributed by atoms with Crippen LogP contribution in [0, 0.1) is 5.82 Å². The van der Waals surface area contributed by atoms with E-state index in [9.17, 15) is 9.18 Å². The highest BCUT2D eigenvalue weighted by atomic mass is 32.1. The molecule has 0 aliphatic carbocycles. The number of pyridine rings is 2. The Labute approximate surface area is 153 Å². The molecule has 8 heteroatoms. The van der Waals surface area contributed by atoms with Gasteiger partial charge in [-0.05, 0) is 30.7 Å². The molecule has 134 valence electrons. The lowest BCUT2D eigenvalue weighted by atomic mass is 10.1. The van der Waals surface area contributed by atoms with Crippen LogP contribution in [0.2, 0.25) is 0 Å². The number of aromatic nitrogens is 2. The fraction of sp³-hybridized carbons (Fsp3) is 0.278. The average molecular weight is 371 g/mol. The minimum Gasteiger partial charge on any atom is -0.370 e. The van der Waals surface area contributed by atoms with Crippen molar-refractivity contribution in [3.8, 4) is 0 Å². The van der Waals surface area contributed by atoms with Crippen molar-refractivity contribution in [2.75, 3.05) is 18.4 Å². The predicted octanol–water partition coefficient (Wildman–Crippen LogP) is 2.79. The summed E-state index contributed by atoms with van der Waals surface area (Å²) in [5.41, 5.74) is 6.97. The van der Waals surface area contributed by atoms with Crippen molar-refractivity contribution in [2.24, 2.45) is 5.73 Å². The maximum absolute atomic E-state index is 13.4. The van der Waals surface area contributed by atoms with Crippen molar-refractivity contribution in [2.45, 2.75) is 19.0 Å². The molecule has 0 saturated carbocycles. The van der Waals surface area contributed by atoms with Crippen LogP contribution < -0.4 is 11.1 Å². The summed E-state index contributed by atoms with van der Waals surface area (Å²) in [5.74, 6) is -0.457. The van der Waals surface area contributed by atoms with Crippen LogP contribution in [0.15, 0.2) is 36.8 Å². The molecule has 4 rings (SSSR count). The third kappa shape index (κ3) is 3.13. The highest BCUT2D eigenvalue weighted by Crippen LogP contribution is 2.34. The number of rotatable bonds is 4. The third-order valence-corrected chi connectivity index (χ3v) is 5.46. The van der Waals surface area contributed by atoms with Crippen LogP contribution in [0.3, 0.4) is 0 Å². The van der Waals surface area contributed by atoms with Gasteiger partial charge in [-0.2, -0.15) is 0 Å². The lowest BCUT2D eigenvalue weighted by Gasteiger charge is -2.36.